The van der Waals surface area contributed by atoms with Crippen LogP contribution in [0.4, 0.5) is 4.79 Å². The van der Waals surface area contributed by atoms with Crippen molar-refractivity contribution in [3.63, 3.8) is 0 Å². The van der Waals surface area contributed by atoms with Crippen molar-refractivity contribution in [2.45, 2.75) is 39.5 Å². The number of unbranched alkanes of at least 4 members (excludes halogenated alkanes) is 2. The third-order valence-electron chi connectivity index (χ3n) is 2.56. The van der Waals surface area contributed by atoms with E-state index in [1.807, 2.05) is 13.8 Å². The van der Waals surface area contributed by atoms with Crippen LogP contribution in [0.5, 0.6) is 0 Å². The number of carbonyl (C=O) groups excluding carboxylic acids is 2. The Balaban J connectivity index is 3.94. The molecule has 0 aromatic carbocycles. The molecule has 0 bridgehead atoms. The first-order valence-electron chi connectivity index (χ1n) is 6.85. The minimum Gasteiger partial charge on any atom is -0.481 e. The molecule has 0 aliphatic carbocycles. The molecule has 0 saturated carbocycles. The third-order valence-corrected chi connectivity index (χ3v) is 2.56. The Morgan fingerprint density at radius 3 is 2.35 bits per heavy atom. The van der Waals surface area contributed by atoms with Crippen LogP contribution in [-0.4, -0.2) is 47.5 Å². The number of nitrogens with zero attached hydrogens (tertiary/aromatic N) is 1. The predicted octanol–water partition coefficient (Wildman–Crippen LogP) is 0.784. The van der Waals surface area contributed by atoms with Crippen molar-refractivity contribution in [3.8, 4) is 0 Å². The summed E-state index contributed by atoms with van der Waals surface area (Å²) in [6.07, 6.45) is 2.20. The fraction of sp³-hybridized carbons (Fsp3) is 0.769. The molecule has 3 amide bonds. The minimum absolute atomic E-state index is 0.0942. The number of carboxylic acid groups (broad SMARTS) is 1. The van der Waals surface area contributed by atoms with E-state index in [1.54, 1.807) is 0 Å². The van der Waals surface area contributed by atoms with Crippen LogP contribution < -0.4 is 11.1 Å². The van der Waals surface area contributed by atoms with Crippen molar-refractivity contribution in [1.82, 2.24) is 10.2 Å². The molecule has 4 N–H and O–H groups in total. The van der Waals surface area contributed by atoms with E-state index in [-0.39, 0.29) is 24.9 Å². The summed E-state index contributed by atoms with van der Waals surface area (Å²) in [5.41, 5.74) is 5.11. The molecule has 20 heavy (non-hydrogen) atoms. The maximum Gasteiger partial charge on any atom is 0.317 e. The fourth-order valence-corrected chi connectivity index (χ4v) is 1.73. The van der Waals surface area contributed by atoms with Crippen LogP contribution in [0.15, 0.2) is 0 Å². The molecule has 0 radical (unpaired) electrons. The van der Waals surface area contributed by atoms with Gasteiger partial charge in [0.05, 0.1) is 0 Å². The van der Waals surface area contributed by atoms with Gasteiger partial charge in [0.2, 0.25) is 5.91 Å². The van der Waals surface area contributed by atoms with Crippen molar-refractivity contribution >= 4 is 17.9 Å². The van der Waals surface area contributed by atoms with Gasteiger partial charge in [0.1, 0.15) is 6.54 Å². The summed E-state index contributed by atoms with van der Waals surface area (Å²) in [7, 11) is 0. The summed E-state index contributed by atoms with van der Waals surface area (Å²) in [4.78, 5) is 34.5. The predicted molar refractivity (Wildman–Crippen MR) is 75.1 cm³/mol. The van der Waals surface area contributed by atoms with Gasteiger partial charge in [-0.25, -0.2) is 4.79 Å². The topological polar surface area (TPSA) is 113 Å². The number of nitrogens with two attached hydrogens (primary N) is 1. The molecule has 7 nitrogen and oxygen atoms in total. The smallest absolute Gasteiger partial charge is 0.317 e. The van der Waals surface area contributed by atoms with Gasteiger partial charge in [-0.2, -0.15) is 0 Å². The van der Waals surface area contributed by atoms with Gasteiger partial charge in [0.15, 0.2) is 0 Å². The number of carboxylic acids is 1. The van der Waals surface area contributed by atoms with Crippen molar-refractivity contribution in [2.24, 2.45) is 11.7 Å². The van der Waals surface area contributed by atoms with Gasteiger partial charge in [0, 0.05) is 19.5 Å². The molecule has 0 unspecified atom stereocenters. The summed E-state index contributed by atoms with van der Waals surface area (Å²) >= 11 is 0. The maximum atomic E-state index is 11.9. The zero-order chi connectivity index (χ0) is 15.5. The summed E-state index contributed by atoms with van der Waals surface area (Å²) in [6.45, 7) is 4.74. The third kappa shape index (κ3) is 10.2. The summed E-state index contributed by atoms with van der Waals surface area (Å²) < 4.78 is 0. The van der Waals surface area contributed by atoms with Crippen LogP contribution >= 0.6 is 0 Å². The molecule has 0 atom stereocenters. The number of nitrogens with one attached hydrogen (secondary N) is 1. The van der Waals surface area contributed by atoms with Crippen molar-refractivity contribution < 1.29 is 19.5 Å². The molecule has 0 aliphatic rings. The van der Waals surface area contributed by atoms with Gasteiger partial charge < -0.3 is 21.1 Å². The number of aliphatic carboxylic acids is 1. The van der Waals surface area contributed by atoms with E-state index >= 15 is 0 Å². The first kappa shape index (κ1) is 18.2. The number of primary amides is 1. The van der Waals surface area contributed by atoms with Gasteiger partial charge in [0.25, 0.3) is 0 Å². The molecule has 0 aromatic rings. The Labute approximate surface area is 119 Å². The number of urea groups is 1. The summed E-state index contributed by atoms with van der Waals surface area (Å²) in [6, 6.07) is -0.310. The van der Waals surface area contributed by atoms with Gasteiger partial charge in [-0.3, -0.25) is 9.59 Å². The van der Waals surface area contributed by atoms with Gasteiger partial charge in [-0.1, -0.05) is 20.3 Å². The second kappa shape index (κ2) is 10.1. The highest BCUT2D eigenvalue weighted by Crippen LogP contribution is 2.01. The van der Waals surface area contributed by atoms with E-state index in [1.165, 1.54) is 4.90 Å². The van der Waals surface area contributed by atoms with E-state index in [2.05, 4.69) is 5.32 Å². The Kier molecular flexibility index (Phi) is 9.15. The number of hydrogen-bond donors (Lipinski definition) is 3. The SMILES string of the molecule is CC(C)CN(CC(N)=O)C(=O)NCCCCCC(=O)O. The summed E-state index contributed by atoms with van der Waals surface area (Å²) in [5, 5.41) is 11.2. The maximum absolute atomic E-state index is 11.9. The monoisotopic (exact) mass is 287 g/mol. The van der Waals surface area contributed by atoms with Crippen LogP contribution in [0, 0.1) is 5.92 Å². The van der Waals surface area contributed by atoms with Crippen LogP contribution in [0.2, 0.25) is 0 Å². The lowest BCUT2D eigenvalue weighted by Crippen LogP contribution is -2.46. The lowest BCUT2D eigenvalue weighted by Gasteiger charge is -2.23. The van der Waals surface area contributed by atoms with Crippen molar-refractivity contribution in [1.29, 1.82) is 0 Å². The van der Waals surface area contributed by atoms with E-state index in [4.69, 9.17) is 10.8 Å². The molecular formula is C13H25N3O4. The standard InChI is InChI=1S/C13H25N3O4/c1-10(2)8-16(9-11(14)17)13(20)15-7-5-3-4-6-12(18)19/h10H,3-9H2,1-2H3,(H2,14,17)(H,15,20)(H,18,19). The quantitative estimate of drug-likeness (QED) is 0.515. The van der Waals surface area contributed by atoms with Crippen molar-refractivity contribution in [2.75, 3.05) is 19.6 Å². The van der Waals surface area contributed by atoms with Crippen molar-refractivity contribution in [3.05, 3.63) is 0 Å². The highest BCUT2D eigenvalue weighted by molar-refractivity contribution is 5.82. The van der Waals surface area contributed by atoms with Gasteiger partial charge >= 0.3 is 12.0 Å². The largest absolute Gasteiger partial charge is 0.481 e. The molecule has 0 rings (SSSR count). The Hall–Kier alpha value is -1.79. The highest BCUT2D eigenvalue weighted by atomic mass is 16.4. The van der Waals surface area contributed by atoms with Crippen LogP contribution in [-0.2, 0) is 9.59 Å². The molecular weight excluding hydrogens is 262 g/mol. The first-order chi connectivity index (χ1) is 9.32. The second-order valence-corrected chi connectivity index (χ2v) is 5.18. The number of hydrogen-bond acceptors (Lipinski definition) is 3. The number of amides is 3. The zero-order valence-corrected chi connectivity index (χ0v) is 12.2. The fourth-order valence-electron chi connectivity index (χ4n) is 1.73. The highest BCUT2D eigenvalue weighted by Gasteiger charge is 2.16. The molecule has 0 heterocycles. The molecule has 0 aromatic heterocycles. The normalized spacial score (nSPS) is 10.3. The molecule has 0 fully saturated rings. The van der Waals surface area contributed by atoms with E-state index in [0.717, 1.165) is 6.42 Å². The van der Waals surface area contributed by atoms with E-state index < -0.39 is 11.9 Å². The molecule has 116 valence electrons. The zero-order valence-electron chi connectivity index (χ0n) is 12.2. The Morgan fingerprint density at radius 2 is 1.85 bits per heavy atom. The molecule has 7 heteroatoms. The summed E-state index contributed by atoms with van der Waals surface area (Å²) in [5.74, 6) is -1.10. The van der Waals surface area contributed by atoms with Crippen LogP contribution in [0.3, 0.4) is 0 Å². The lowest BCUT2D eigenvalue weighted by molar-refractivity contribution is -0.137. The molecule has 0 spiro atoms. The van der Waals surface area contributed by atoms with Crippen LogP contribution in [0.1, 0.15) is 39.5 Å². The average Bonchev–Trinajstić information content (AvgIpc) is 2.30. The van der Waals surface area contributed by atoms with E-state index in [0.29, 0.717) is 25.9 Å². The lowest BCUT2D eigenvalue weighted by atomic mass is 10.2. The first-order valence-corrected chi connectivity index (χ1v) is 6.85. The Morgan fingerprint density at radius 1 is 1.20 bits per heavy atom. The van der Waals surface area contributed by atoms with Gasteiger partial charge in [-0.05, 0) is 18.8 Å². The average molecular weight is 287 g/mol. The van der Waals surface area contributed by atoms with Gasteiger partial charge in [-0.15, -0.1) is 0 Å². The minimum atomic E-state index is -0.807. The number of carbonyl (C=O) groups is 3. The second-order valence-electron chi connectivity index (χ2n) is 5.18. The number of rotatable bonds is 10. The molecule has 0 saturated heterocycles. The van der Waals surface area contributed by atoms with E-state index in [9.17, 15) is 14.4 Å². The molecule has 0 aliphatic heterocycles. The Bertz CT molecular complexity index is 332. The van der Waals surface area contributed by atoms with Crippen LogP contribution in [0.25, 0.3) is 0 Å².